The Morgan fingerprint density at radius 3 is 0.982 bits per heavy atom. The Morgan fingerprint density at radius 2 is 0.514 bits per heavy atom. The van der Waals surface area contributed by atoms with Crippen molar-refractivity contribution in [3.63, 3.8) is 0 Å². The molecule has 1 N–H and O–H groups in total. The van der Waals surface area contributed by atoms with E-state index in [1.54, 1.807) is 12.3 Å². The maximum Gasteiger partial charge on any atom is 0.136 e. The highest BCUT2D eigenvalue weighted by molar-refractivity contribution is 6.44. The number of nitrogens with zero attached hydrogens (tertiary/aromatic N) is 5. The second-order valence-corrected chi connectivity index (χ2v) is 27.3. The van der Waals surface area contributed by atoms with E-state index in [2.05, 4.69) is 339 Å². The van der Waals surface area contributed by atoms with Gasteiger partial charge in [0.15, 0.2) is 0 Å². The standard InChI is InChI=1S/C50H36ClN3O.C30H22Cl2N2.C20H15NO/c51-50-46(53(41-25-11-4-12-26-41)44-29-16-28-43(35-44)52(39-21-7-2-8-22-39)40-23-9-3-10-24-40)31-17-32-47(50)54(48-36-55-49-33-14-13-30-45(48)49)42-27-15-20-38(34-42)37-18-5-1-6-19-37;31-28-20-11-21-29(30(28)32)34(25-16-8-3-9-17-25)27-19-10-18-26(22-27)33(23-12-4-1-5-13-23)24-14-6-2-7-15-24;1-2-7-15(8-3-1)16-9-6-10-17(13-16)21-19-14-22-20-12-5-4-11-18(19)20/h1-36H;1-22H;1-14,21H. The highest BCUT2D eigenvalue weighted by Crippen LogP contribution is 2.51. The summed E-state index contributed by atoms with van der Waals surface area (Å²) in [5.74, 6) is 0. The minimum Gasteiger partial charge on any atom is -0.462 e. The molecule has 0 radical (unpaired) electrons. The van der Waals surface area contributed by atoms with Gasteiger partial charge in [0.05, 0.1) is 43.5 Å². The maximum atomic E-state index is 7.74. The zero-order chi connectivity index (χ0) is 75.1. The van der Waals surface area contributed by atoms with E-state index in [4.69, 9.17) is 43.6 Å². The normalized spacial score (nSPS) is 10.8. The number of nitrogens with one attached hydrogen (secondary N) is 1. The van der Waals surface area contributed by atoms with Crippen LogP contribution in [0.5, 0.6) is 0 Å². The van der Waals surface area contributed by atoms with Crippen molar-refractivity contribution in [3.05, 3.63) is 452 Å². The summed E-state index contributed by atoms with van der Waals surface area (Å²) in [7, 11) is 0. The molecule has 16 aromatic carbocycles. The van der Waals surface area contributed by atoms with E-state index in [1.807, 2.05) is 115 Å². The first-order chi connectivity index (χ1) is 54.8. The molecule has 11 heteroatoms. The zero-order valence-corrected chi connectivity index (χ0v) is 62.5. The van der Waals surface area contributed by atoms with Crippen LogP contribution in [0.2, 0.25) is 15.1 Å². The Morgan fingerprint density at radius 1 is 0.207 bits per heavy atom. The van der Waals surface area contributed by atoms with Gasteiger partial charge in [0.1, 0.15) is 23.7 Å². The SMILES string of the molecule is Clc1c(N(c2ccccc2)c2cccc(N(c3ccccc3)c3ccccc3)c2)cccc1N(c1cccc(-c2ccccc2)c1)c1coc2ccccc12.Clc1cccc(N(c2ccccc2)c2cccc(N(c3ccccc3)c3ccccc3)c2)c1Cl.c1ccc(-c2cccc(Nc3coc4ccccc34)c2)cc1. The molecule has 0 aliphatic heterocycles. The molecule has 0 amide bonds. The predicted octanol–water partition coefficient (Wildman–Crippen LogP) is 30.9. The van der Waals surface area contributed by atoms with E-state index < -0.39 is 0 Å². The molecule has 18 aromatic rings. The molecule has 0 atom stereocenters. The Kier molecular flexibility index (Phi) is 21.9. The van der Waals surface area contributed by atoms with Crippen LogP contribution in [0, 0.1) is 0 Å². The van der Waals surface area contributed by atoms with Crippen molar-refractivity contribution in [1.82, 2.24) is 0 Å². The maximum absolute atomic E-state index is 7.74. The zero-order valence-electron chi connectivity index (χ0n) is 60.3. The van der Waals surface area contributed by atoms with Gasteiger partial charge in [-0.1, -0.05) is 277 Å². The lowest BCUT2D eigenvalue weighted by atomic mass is 10.0. The van der Waals surface area contributed by atoms with Gasteiger partial charge in [-0.2, -0.15) is 0 Å². The molecule has 111 heavy (non-hydrogen) atoms. The third-order valence-corrected chi connectivity index (χ3v) is 20.2. The molecule has 8 nitrogen and oxygen atoms in total. The Hall–Kier alpha value is -13.7. The number of hydrogen-bond acceptors (Lipinski definition) is 8. The average molecular weight is 1500 g/mol. The number of fused-ring (bicyclic) bond motifs is 2. The van der Waals surface area contributed by atoms with Crippen molar-refractivity contribution >= 4 is 153 Å². The Bertz CT molecular complexity index is 6000. The number of para-hydroxylation sites is 8. The van der Waals surface area contributed by atoms with Gasteiger partial charge in [-0.15, -0.1) is 0 Å². The quantitative estimate of drug-likeness (QED) is 0.0860. The first-order valence-corrected chi connectivity index (χ1v) is 37.7. The van der Waals surface area contributed by atoms with Crippen molar-refractivity contribution < 1.29 is 8.83 Å². The smallest absolute Gasteiger partial charge is 0.136 e. The Labute approximate surface area is 662 Å². The number of rotatable bonds is 19. The van der Waals surface area contributed by atoms with E-state index in [0.717, 1.165) is 130 Å². The molecule has 0 aliphatic rings. The molecule has 0 aliphatic carbocycles. The summed E-state index contributed by atoms with van der Waals surface area (Å²) in [6.07, 6.45) is 3.59. The molecule has 536 valence electrons. The van der Waals surface area contributed by atoms with Gasteiger partial charge in [-0.25, -0.2) is 0 Å². The average Bonchev–Trinajstić information content (AvgIpc) is 1.75. The van der Waals surface area contributed by atoms with Crippen LogP contribution in [-0.4, -0.2) is 0 Å². The highest BCUT2D eigenvalue weighted by atomic mass is 35.5. The van der Waals surface area contributed by atoms with Crippen LogP contribution >= 0.6 is 34.8 Å². The Balaban J connectivity index is 0.000000141. The van der Waals surface area contributed by atoms with Crippen molar-refractivity contribution in [2.24, 2.45) is 0 Å². The molecule has 0 fully saturated rings. The second kappa shape index (κ2) is 34.0. The first kappa shape index (κ1) is 71.5. The van der Waals surface area contributed by atoms with Crippen LogP contribution in [0.4, 0.5) is 96.7 Å². The van der Waals surface area contributed by atoms with Crippen LogP contribution in [0.25, 0.3) is 44.2 Å². The topological polar surface area (TPSA) is 54.5 Å². The summed E-state index contributed by atoms with van der Waals surface area (Å²) < 4.78 is 11.7. The fraction of sp³-hybridized carbons (Fsp3) is 0. The van der Waals surface area contributed by atoms with Crippen molar-refractivity contribution in [2.45, 2.75) is 0 Å². The van der Waals surface area contributed by atoms with Gasteiger partial charge in [0.25, 0.3) is 0 Å². The number of anilines is 17. The van der Waals surface area contributed by atoms with Gasteiger partial charge in [-0.3, -0.25) is 0 Å². The van der Waals surface area contributed by atoms with Gasteiger partial charge in [0.2, 0.25) is 0 Å². The van der Waals surface area contributed by atoms with Crippen molar-refractivity contribution in [3.8, 4) is 22.3 Å². The monoisotopic (exact) mass is 1490 g/mol. The van der Waals surface area contributed by atoms with Gasteiger partial charge in [0, 0.05) is 79.0 Å². The van der Waals surface area contributed by atoms with Crippen LogP contribution in [0.3, 0.4) is 0 Å². The summed E-state index contributed by atoms with van der Waals surface area (Å²) in [6, 6.07) is 145. The summed E-state index contributed by atoms with van der Waals surface area (Å²) >= 11 is 20.8. The van der Waals surface area contributed by atoms with E-state index in [-0.39, 0.29) is 0 Å². The molecule has 2 aromatic heterocycles. The minimum atomic E-state index is 0.515. The van der Waals surface area contributed by atoms with Crippen LogP contribution < -0.4 is 29.8 Å². The van der Waals surface area contributed by atoms with E-state index in [1.165, 1.54) is 11.1 Å². The van der Waals surface area contributed by atoms with Gasteiger partial charge in [-0.05, 0) is 204 Å². The summed E-state index contributed by atoms with van der Waals surface area (Å²) in [6.45, 7) is 0. The van der Waals surface area contributed by atoms with Crippen LogP contribution in [0.15, 0.2) is 446 Å². The van der Waals surface area contributed by atoms with Gasteiger partial charge >= 0.3 is 0 Å². The molecule has 0 saturated carbocycles. The fourth-order valence-electron chi connectivity index (χ4n) is 13.9. The van der Waals surface area contributed by atoms with E-state index in [9.17, 15) is 0 Å². The van der Waals surface area contributed by atoms with Crippen LogP contribution in [0.1, 0.15) is 0 Å². The summed E-state index contributed by atoms with van der Waals surface area (Å²) in [5.41, 5.74) is 23.0. The second-order valence-electron chi connectivity index (χ2n) is 26.2. The largest absolute Gasteiger partial charge is 0.462 e. The highest BCUT2D eigenvalue weighted by Gasteiger charge is 2.27. The van der Waals surface area contributed by atoms with Gasteiger partial charge < -0.3 is 38.7 Å². The predicted molar refractivity (Wildman–Crippen MR) is 468 cm³/mol. The van der Waals surface area contributed by atoms with Crippen LogP contribution in [-0.2, 0) is 0 Å². The van der Waals surface area contributed by atoms with E-state index in [0.29, 0.717) is 15.1 Å². The number of halogens is 3. The first-order valence-electron chi connectivity index (χ1n) is 36.6. The summed E-state index contributed by atoms with van der Waals surface area (Å²) in [4.78, 5) is 11.1. The molecule has 0 spiro atoms. The lowest BCUT2D eigenvalue weighted by Crippen LogP contribution is -2.15. The fourth-order valence-corrected chi connectivity index (χ4v) is 14.6. The molecular formula is C100H73Cl3N6O2. The number of benzene rings is 16. The molecule has 0 saturated heterocycles. The summed E-state index contributed by atoms with van der Waals surface area (Å²) in [5, 5.41) is 7.15. The molecule has 2 heterocycles. The lowest BCUT2D eigenvalue weighted by molar-refractivity contribution is 0.616. The van der Waals surface area contributed by atoms with E-state index >= 15 is 0 Å². The number of furan rings is 2. The molecule has 0 bridgehead atoms. The molecule has 18 rings (SSSR count). The van der Waals surface area contributed by atoms with Crippen molar-refractivity contribution in [2.75, 3.05) is 29.8 Å². The van der Waals surface area contributed by atoms with Crippen molar-refractivity contribution in [1.29, 1.82) is 0 Å². The third-order valence-electron chi connectivity index (χ3n) is 19.0. The molecular weight excluding hydrogens is 1420 g/mol. The lowest BCUT2D eigenvalue weighted by Gasteiger charge is -2.31. The minimum absolute atomic E-state index is 0.515. The number of hydrogen-bond donors (Lipinski definition) is 1. The third kappa shape index (κ3) is 16.1. The molecule has 0 unspecified atom stereocenters.